The minimum absolute atomic E-state index is 0.132. The molecule has 3 N–H and O–H groups in total. The number of halogens is 1. The van der Waals surface area contributed by atoms with Gasteiger partial charge in [-0.2, -0.15) is 5.90 Å². The van der Waals surface area contributed by atoms with Gasteiger partial charge in [-0.05, 0) is 48.0 Å². The average Bonchev–Trinajstić information content (AvgIpc) is 2.90. The third kappa shape index (κ3) is 3.79. The molecule has 0 aliphatic carbocycles. The average molecular weight is 340 g/mol. The Hall–Kier alpha value is -3.29. The van der Waals surface area contributed by atoms with Crippen molar-refractivity contribution in [1.29, 1.82) is 0 Å². The number of hydrogen-bond acceptors (Lipinski definition) is 5. The van der Waals surface area contributed by atoms with E-state index in [0.29, 0.717) is 17.0 Å². The first-order valence-corrected chi connectivity index (χ1v) is 7.25. The van der Waals surface area contributed by atoms with Gasteiger partial charge in [-0.3, -0.25) is 9.59 Å². The topological polar surface area (TPSA) is 90.7 Å². The van der Waals surface area contributed by atoms with Gasteiger partial charge in [0.05, 0.1) is 5.57 Å². The summed E-state index contributed by atoms with van der Waals surface area (Å²) < 4.78 is 13.4. The van der Waals surface area contributed by atoms with Crippen molar-refractivity contribution in [2.24, 2.45) is 5.90 Å². The maximum Gasteiger partial charge on any atom is 0.256 e. The highest BCUT2D eigenvalue weighted by atomic mass is 19.1. The smallest absolute Gasteiger partial charge is 0.256 e. The number of carbonyl (C=O) groups is 2. The predicted molar refractivity (Wildman–Crippen MR) is 89.4 cm³/mol. The zero-order valence-electron chi connectivity index (χ0n) is 12.9. The van der Waals surface area contributed by atoms with E-state index in [-0.39, 0.29) is 5.57 Å². The second-order valence-corrected chi connectivity index (χ2v) is 5.19. The standard InChI is InChI=1S/C18H13FN2O4/c19-12-4-8-17-15(9-12)16(18(23)21-17)10-13(22)5-1-11-2-6-14(7-3-11)24-25-20/h1-10H,20H2,(H,21,23). The van der Waals surface area contributed by atoms with E-state index in [0.717, 1.165) is 5.56 Å². The summed E-state index contributed by atoms with van der Waals surface area (Å²) in [5.74, 6) is 3.88. The molecular formula is C18H13FN2O4. The van der Waals surface area contributed by atoms with Gasteiger partial charge < -0.3 is 10.2 Å². The van der Waals surface area contributed by atoms with Crippen LogP contribution in [-0.4, -0.2) is 11.7 Å². The van der Waals surface area contributed by atoms with Crippen LogP contribution in [0.3, 0.4) is 0 Å². The summed E-state index contributed by atoms with van der Waals surface area (Å²) in [7, 11) is 0. The van der Waals surface area contributed by atoms with Gasteiger partial charge >= 0.3 is 0 Å². The summed E-state index contributed by atoms with van der Waals surface area (Å²) in [5.41, 5.74) is 1.72. The molecule has 7 heteroatoms. The van der Waals surface area contributed by atoms with Crippen LogP contribution in [0.5, 0.6) is 5.75 Å². The van der Waals surface area contributed by atoms with Crippen molar-refractivity contribution in [2.45, 2.75) is 0 Å². The zero-order valence-corrected chi connectivity index (χ0v) is 12.9. The third-order valence-corrected chi connectivity index (χ3v) is 3.52. The van der Waals surface area contributed by atoms with Gasteiger partial charge in [-0.15, -0.1) is 0 Å². The Bertz CT molecular complexity index is 888. The molecule has 0 atom stereocenters. The molecule has 6 nitrogen and oxygen atoms in total. The van der Waals surface area contributed by atoms with Crippen molar-refractivity contribution in [2.75, 3.05) is 5.32 Å². The summed E-state index contributed by atoms with van der Waals surface area (Å²) >= 11 is 0. The van der Waals surface area contributed by atoms with Crippen molar-refractivity contribution < 1.29 is 23.9 Å². The van der Waals surface area contributed by atoms with Crippen LogP contribution in [0.25, 0.3) is 11.6 Å². The molecule has 2 aromatic rings. The number of fused-ring (bicyclic) bond motifs is 1. The number of anilines is 1. The molecule has 0 radical (unpaired) electrons. The normalized spacial score (nSPS) is 14.6. The number of allylic oxidation sites excluding steroid dienone is 2. The van der Waals surface area contributed by atoms with Crippen molar-refractivity contribution in [3.63, 3.8) is 0 Å². The Labute approximate surface area is 142 Å². The lowest BCUT2D eigenvalue weighted by Gasteiger charge is -1.99. The number of amides is 1. The van der Waals surface area contributed by atoms with E-state index in [2.05, 4.69) is 15.2 Å². The Kier molecular flexibility index (Phi) is 4.69. The molecular weight excluding hydrogens is 327 g/mol. The van der Waals surface area contributed by atoms with E-state index < -0.39 is 17.5 Å². The summed E-state index contributed by atoms with van der Waals surface area (Å²) in [5, 5.41) is 2.59. The predicted octanol–water partition coefficient (Wildman–Crippen LogP) is 2.63. The fraction of sp³-hybridized carbons (Fsp3) is 0. The number of nitrogens with two attached hydrogens (primary N) is 1. The van der Waals surface area contributed by atoms with Crippen molar-refractivity contribution in [3.05, 3.63) is 71.6 Å². The molecule has 1 aliphatic rings. The number of benzene rings is 2. The fourth-order valence-corrected chi connectivity index (χ4v) is 2.36. The minimum atomic E-state index is -0.479. The van der Waals surface area contributed by atoms with E-state index in [9.17, 15) is 14.0 Å². The molecule has 0 aromatic heterocycles. The molecule has 126 valence electrons. The van der Waals surface area contributed by atoms with Crippen molar-refractivity contribution in [1.82, 2.24) is 0 Å². The largest absolute Gasteiger partial charge is 0.321 e. The van der Waals surface area contributed by atoms with Crippen molar-refractivity contribution in [3.8, 4) is 5.75 Å². The molecule has 0 bridgehead atoms. The Morgan fingerprint density at radius 3 is 2.64 bits per heavy atom. The Morgan fingerprint density at radius 1 is 1.16 bits per heavy atom. The molecule has 3 rings (SSSR count). The minimum Gasteiger partial charge on any atom is -0.321 e. The first-order chi connectivity index (χ1) is 12.1. The molecule has 1 aliphatic heterocycles. The molecule has 0 saturated carbocycles. The van der Waals surface area contributed by atoms with Crippen LogP contribution in [0.2, 0.25) is 0 Å². The van der Waals surface area contributed by atoms with Crippen LogP contribution in [0, 0.1) is 5.82 Å². The Morgan fingerprint density at radius 2 is 1.92 bits per heavy atom. The molecule has 25 heavy (non-hydrogen) atoms. The second-order valence-electron chi connectivity index (χ2n) is 5.19. The van der Waals surface area contributed by atoms with E-state index in [1.165, 1.54) is 30.4 Å². The molecule has 0 saturated heterocycles. The Balaban J connectivity index is 1.77. The molecule has 1 heterocycles. The zero-order chi connectivity index (χ0) is 17.8. The number of rotatable bonds is 5. The lowest BCUT2D eigenvalue weighted by molar-refractivity contribution is -0.211. The molecule has 0 spiro atoms. The van der Waals surface area contributed by atoms with Crippen LogP contribution in [0.1, 0.15) is 11.1 Å². The highest BCUT2D eigenvalue weighted by Gasteiger charge is 2.24. The molecule has 0 fully saturated rings. The SMILES string of the molecule is NOOc1ccc(C=CC(=O)C=C2C(=O)Nc3ccc(F)cc32)cc1. The van der Waals surface area contributed by atoms with E-state index in [1.54, 1.807) is 30.3 Å². The monoisotopic (exact) mass is 340 g/mol. The highest BCUT2D eigenvalue weighted by molar-refractivity contribution is 6.34. The van der Waals surface area contributed by atoms with Crippen LogP contribution in [0.15, 0.2) is 54.6 Å². The van der Waals surface area contributed by atoms with Crippen LogP contribution < -0.4 is 16.1 Å². The highest BCUT2D eigenvalue weighted by Crippen LogP contribution is 2.32. The first kappa shape index (κ1) is 16.6. The summed E-state index contributed by atoms with van der Waals surface area (Å²) in [6, 6.07) is 10.5. The van der Waals surface area contributed by atoms with Crippen LogP contribution >= 0.6 is 0 Å². The summed E-state index contributed by atoms with van der Waals surface area (Å²) in [4.78, 5) is 32.7. The van der Waals surface area contributed by atoms with Gasteiger partial charge in [0.1, 0.15) is 5.82 Å². The lowest BCUT2D eigenvalue weighted by atomic mass is 10.1. The van der Waals surface area contributed by atoms with Crippen molar-refractivity contribution >= 4 is 29.0 Å². The maximum absolute atomic E-state index is 13.4. The van der Waals surface area contributed by atoms with Gasteiger partial charge in [0.2, 0.25) is 0 Å². The van der Waals surface area contributed by atoms with Gasteiger partial charge in [0, 0.05) is 11.3 Å². The van der Waals surface area contributed by atoms with Crippen LogP contribution in [-0.2, 0) is 14.6 Å². The second kappa shape index (κ2) is 7.08. The van der Waals surface area contributed by atoms with Gasteiger partial charge in [0.15, 0.2) is 11.5 Å². The first-order valence-electron chi connectivity index (χ1n) is 7.25. The van der Waals surface area contributed by atoms with E-state index in [4.69, 9.17) is 5.90 Å². The molecule has 0 unspecified atom stereocenters. The van der Waals surface area contributed by atoms with E-state index >= 15 is 0 Å². The summed E-state index contributed by atoms with van der Waals surface area (Å²) in [6.45, 7) is 0. The third-order valence-electron chi connectivity index (χ3n) is 3.52. The number of ketones is 1. The number of hydrogen-bond donors (Lipinski definition) is 2. The van der Waals surface area contributed by atoms with Gasteiger partial charge in [-0.1, -0.05) is 23.2 Å². The summed E-state index contributed by atoms with van der Waals surface area (Å²) in [6.07, 6.45) is 4.07. The fourth-order valence-electron chi connectivity index (χ4n) is 2.36. The van der Waals surface area contributed by atoms with Gasteiger partial charge in [0.25, 0.3) is 5.91 Å². The number of carbonyl (C=O) groups excluding carboxylic acids is 2. The maximum atomic E-state index is 13.4. The van der Waals surface area contributed by atoms with Gasteiger partial charge in [-0.25, -0.2) is 4.39 Å². The molecule has 2 aromatic carbocycles. The van der Waals surface area contributed by atoms with Crippen LogP contribution in [0.4, 0.5) is 10.1 Å². The lowest BCUT2D eigenvalue weighted by Crippen LogP contribution is -2.05. The number of nitrogens with one attached hydrogen (secondary N) is 1. The van der Waals surface area contributed by atoms with E-state index in [1.807, 2.05) is 0 Å². The molecule has 1 amide bonds. The quantitative estimate of drug-likeness (QED) is 0.496.